The first-order chi connectivity index (χ1) is 20.0. The second kappa shape index (κ2) is 14.0. The first kappa shape index (κ1) is 29.1. The second-order valence-corrected chi connectivity index (χ2v) is 11.7. The lowest BCUT2D eigenvalue weighted by molar-refractivity contribution is -0.149. The first-order valence-corrected chi connectivity index (χ1v) is 15.5. The topological polar surface area (TPSA) is 78.9 Å². The van der Waals surface area contributed by atoms with Crippen molar-refractivity contribution in [2.45, 2.75) is 44.1 Å². The molecule has 1 amide bonds. The highest BCUT2D eigenvalue weighted by molar-refractivity contribution is 7.98. The Hall–Kier alpha value is -3.43. The van der Waals surface area contributed by atoms with Crippen molar-refractivity contribution in [2.24, 2.45) is 5.92 Å². The number of likely N-dealkylation sites (tertiary alicyclic amines) is 1. The number of aromatic nitrogens is 2. The van der Waals surface area contributed by atoms with Crippen LogP contribution in [0.5, 0.6) is 0 Å². The van der Waals surface area contributed by atoms with Crippen LogP contribution in [0.1, 0.15) is 46.9 Å². The molecule has 5 rings (SSSR count). The number of piperidine rings is 1. The fourth-order valence-electron chi connectivity index (χ4n) is 5.47. The van der Waals surface area contributed by atoms with Crippen LogP contribution < -0.4 is 4.90 Å². The van der Waals surface area contributed by atoms with E-state index in [-0.39, 0.29) is 17.8 Å². The van der Waals surface area contributed by atoms with Gasteiger partial charge in [-0.2, -0.15) is 0 Å². The number of rotatable bonds is 9. The van der Waals surface area contributed by atoms with Crippen molar-refractivity contribution in [3.8, 4) is 0 Å². The number of aryl methyl sites for hydroxylation is 1. The minimum atomic E-state index is -0.245. The van der Waals surface area contributed by atoms with Crippen molar-refractivity contribution in [1.82, 2.24) is 19.8 Å². The zero-order chi connectivity index (χ0) is 28.6. The van der Waals surface area contributed by atoms with E-state index in [1.165, 1.54) is 5.56 Å². The second-order valence-electron chi connectivity index (χ2n) is 10.7. The van der Waals surface area contributed by atoms with Gasteiger partial charge in [0.15, 0.2) is 5.16 Å². The van der Waals surface area contributed by atoms with Crippen LogP contribution in [0.15, 0.2) is 65.8 Å². The quantitative estimate of drug-likeness (QED) is 0.205. The van der Waals surface area contributed by atoms with Gasteiger partial charge in [-0.05, 0) is 49.9 Å². The summed E-state index contributed by atoms with van der Waals surface area (Å²) in [4.78, 5) is 41.7. The average molecular weight is 574 g/mol. The number of anilines is 1. The molecule has 1 atom stereocenters. The first-order valence-electron chi connectivity index (χ1n) is 14.5. The Balaban J connectivity index is 1.17. The lowest BCUT2D eigenvalue weighted by Gasteiger charge is -2.35. The number of carbonyl (C=O) groups excluding carboxylic acids is 2. The number of ether oxygens (including phenoxy) is 1. The number of thioether (sulfide) groups is 1. The Morgan fingerprint density at radius 2 is 1.73 bits per heavy atom. The van der Waals surface area contributed by atoms with Gasteiger partial charge in [-0.15, -0.1) is 0 Å². The van der Waals surface area contributed by atoms with Gasteiger partial charge in [-0.25, -0.2) is 9.97 Å². The summed E-state index contributed by atoms with van der Waals surface area (Å²) in [5.41, 5.74) is 3.99. The average Bonchev–Trinajstić information content (AvgIpc) is 3.00. The van der Waals surface area contributed by atoms with Crippen LogP contribution in [0.2, 0.25) is 0 Å². The largest absolute Gasteiger partial charge is 0.466 e. The van der Waals surface area contributed by atoms with E-state index >= 15 is 0 Å². The smallest absolute Gasteiger partial charge is 0.310 e. The summed E-state index contributed by atoms with van der Waals surface area (Å²) in [6, 6.07) is 20.4. The Morgan fingerprint density at radius 1 is 0.951 bits per heavy atom. The molecule has 2 aromatic carbocycles. The molecule has 0 unspecified atom stereocenters. The van der Waals surface area contributed by atoms with Crippen molar-refractivity contribution < 1.29 is 14.3 Å². The number of esters is 1. The third kappa shape index (κ3) is 7.86. The molecule has 216 valence electrons. The predicted molar refractivity (Wildman–Crippen MR) is 162 cm³/mol. The molecular weight excluding hydrogens is 534 g/mol. The number of piperazine rings is 1. The van der Waals surface area contributed by atoms with E-state index < -0.39 is 0 Å². The molecule has 2 fully saturated rings. The van der Waals surface area contributed by atoms with Gasteiger partial charge in [0, 0.05) is 68.9 Å². The standard InChI is InChI=1S/C32H39N5O3S/c1-3-40-31(39)28-13-8-14-37(22-28)30(38)27-12-7-11-26(20-27)23-41-32-33-24(2)19-29(34-32)36-17-15-35(16-18-36)21-25-9-5-4-6-10-25/h4-7,9-12,19-20,28H,3,8,13-18,21-23H2,1-2H3/t28-/m1/s1. The fraction of sp³-hybridized carbons (Fsp3) is 0.438. The van der Waals surface area contributed by atoms with E-state index in [4.69, 9.17) is 9.72 Å². The van der Waals surface area contributed by atoms with E-state index in [1.807, 2.05) is 38.1 Å². The molecule has 0 bridgehead atoms. The maximum atomic E-state index is 13.3. The van der Waals surface area contributed by atoms with E-state index in [9.17, 15) is 9.59 Å². The predicted octanol–water partition coefficient (Wildman–Crippen LogP) is 4.81. The maximum absolute atomic E-state index is 13.3. The molecule has 8 nitrogen and oxygen atoms in total. The van der Waals surface area contributed by atoms with Crippen LogP contribution in [0.4, 0.5) is 5.82 Å². The van der Waals surface area contributed by atoms with Gasteiger partial charge in [-0.3, -0.25) is 14.5 Å². The third-order valence-electron chi connectivity index (χ3n) is 7.64. The normalized spacial score (nSPS) is 17.9. The fourth-order valence-corrected chi connectivity index (χ4v) is 6.31. The molecule has 0 radical (unpaired) electrons. The van der Waals surface area contributed by atoms with Crippen molar-refractivity contribution >= 4 is 29.5 Å². The SMILES string of the molecule is CCOC(=O)[C@@H]1CCCN(C(=O)c2cccc(CSc3nc(C)cc(N4CCN(Cc5ccccc5)CC4)n3)c2)C1. The summed E-state index contributed by atoms with van der Waals surface area (Å²) in [5.74, 6) is 1.16. The van der Waals surface area contributed by atoms with Crippen LogP contribution in [0.25, 0.3) is 0 Å². The van der Waals surface area contributed by atoms with Crippen LogP contribution in [0, 0.1) is 12.8 Å². The number of amides is 1. The van der Waals surface area contributed by atoms with Gasteiger partial charge in [0.25, 0.3) is 5.91 Å². The maximum Gasteiger partial charge on any atom is 0.310 e. The van der Waals surface area contributed by atoms with Crippen LogP contribution in [-0.4, -0.2) is 77.5 Å². The van der Waals surface area contributed by atoms with Crippen LogP contribution in [0.3, 0.4) is 0 Å². The lowest BCUT2D eigenvalue weighted by atomic mass is 9.97. The number of carbonyl (C=O) groups is 2. The molecule has 0 spiro atoms. The Labute approximate surface area is 247 Å². The molecule has 0 saturated carbocycles. The van der Waals surface area contributed by atoms with Gasteiger partial charge in [0.2, 0.25) is 0 Å². The highest BCUT2D eigenvalue weighted by Gasteiger charge is 2.30. The highest BCUT2D eigenvalue weighted by Crippen LogP contribution is 2.25. The summed E-state index contributed by atoms with van der Waals surface area (Å²) < 4.78 is 5.19. The molecule has 3 aromatic rings. The zero-order valence-corrected chi connectivity index (χ0v) is 24.8. The van der Waals surface area contributed by atoms with Gasteiger partial charge in [0.1, 0.15) is 5.82 Å². The molecule has 0 N–H and O–H groups in total. The number of benzene rings is 2. The van der Waals surface area contributed by atoms with Crippen LogP contribution >= 0.6 is 11.8 Å². The minimum absolute atomic E-state index is 0.0358. The molecule has 2 aliphatic heterocycles. The van der Waals surface area contributed by atoms with Gasteiger partial charge in [0.05, 0.1) is 12.5 Å². The third-order valence-corrected chi connectivity index (χ3v) is 8.55. The lowest BCUT2D eigenvalue weighted by Crippen LogP contribution is -2.46. The summed E-state index contributed by atoms with van der Waals surface area (Å²) in [5, 5.41) is 0.747. The summed E-state index contributed by atoms with van der Waals surface area (Å²) in [7, 11) is 0. The van der Waals surface area contributed by atoms with E-state index in [0.717, 1.165) is 67.8 Å². The molecule has 9 heteroatoms. The number of hydrogen-bond donors (Lipinski definition) is 0. The minimum Gasteiger partial charge on any atom is -0.466 e. The number of hydrogen-bond acceptors (Lipinski definition) is 8. The van der Waals surface area contributed by atoms with E-state index in [2.05, 4.69) is 51.2 Å². The molecule has 2 saturated heterocycles. The Kier molecular flexibility index (Phi) is 9.90. The molecule has 1 aromatic heterocycles. The molecule has 3 heterocycles. The van der Waals surface area contributed by atoms with Crippen molar-refractivity contribution in [3.63, 3.8) is 0 Å². The Bertz CT molecular complexity index is 1330. The molecule has 0 aliphatic carbocycles. The summed E-state index contributed by atoms with van der Waals surface area (Å²) >= 11 is 1.59. The Morgan fingerprint density at radius 3 is 2.51 bits per heavy atom. The summed E-state index contributed by atoms with van der Waals surface area (Å²) in [6.07, 6.45) is 1.57. The van der Waals surface area contributed by atoms with Gasteiger partial charge < -0.3 is 14.5 Å². The van der Waals surface area contributed by atoms with E-state index in [1.54, 1.807) is 16.7 Å². The van der Waals surface area contributed by atoms with Gasteiger partial charge in [-0.1, -0.05) is 54.2 Å². The van der Waals surface area contributed by atoms with Gasteiger partial charge >= 0.3 is 5.97 Å². The van der Waals surface area contributed by atoms with Crippen molar-refractivity contribution in [1.29, 1.82) is 0 Å². The summed E-state index contributed by atoms with van der Waals surface area (Å²) in [6.45, 7) is 10.1. The van der Waals surface area contributed by atoms with Crippen molar-refractivity contribution in [3.05, 3.63) is 83.0 Å². The van der Waals surface area contributed by atoms with Crippen molar-refractivity contribution in [2.75, 3.05) is 50.8 Å². The highest BCUT2D eigenvalue weighted by atomic mass is 32.2. The van der Waals surface area contributed by atoms with Crippen LogP contribution in [-0.2, 0) is 21.8 Å². The zero-order valence-electron chi connectivity index (χ0n) is 24.0. The molecule has 41 heavy (non-hydrogen) atoms. The van der Waals surface area contributed by atoms with E-state index in [0.29, 0.717) is 31.0 Å². The number of nitrogens with zero attached hydrogens (tertiary/aromatic N) is 5. The monoisotopic (exact) mass is 573 g/mol. The molecular formula is C32H39N5O3S. The molecule has 2 aliphatic rings.